The van der Waals surface area contributed by atoms with Crippen molar-refractivity contribution < 1.29 is 9.13 Å². The van der Waals surface area contributed by atoms with Gasteiger partial charge in [-0.1, -0.05) is 12.1 Å². The first kappa shape index (κ1) is 18.6. The van der Waals surface area contributed by atoms with Crippen molar-refractivity contribution in [1.29, 1.82) is 10.5 Å². The summed E-state index contributed by atoms with van der Waals surface area (Å²) >= 11 is 1.08. The summed E-state index contributed by atoms with van der Waals surface area (Å²) < 4.78 is 20.4. The largest absolute Gasteiger partial charge is 0.382 e. The lowest BCUT2D eigenvalue weighted by atomic mass is 10.2. The fraction of sp³-hybridized carbons (Fsp3) is 0.278. The molecule has 0 unspecified atom stereocenters. The molecule has 5 nitrogen and oxygen atoms in total. The second kappa shape index (κ2) is 8.93. The standard InChI is InChI=1S/C18H16FN3O2S/c1-2-24-9-3-8-22-17(23)16(25-18(22)14(11-20)12-21)10-13-4-6-15(19)7-5-13/h4-7,10H,2-3,8-9H2,1H3/b16-10-. The molecule has 128 valence electrons. The van der Waals surface area contributed by atoms with Crippen LogP contribution >= 0.6 is 11.3 Å². The molecule has 0 aliphatic carbocycles. The van der Waals surface area contributed by atoms with Gasteiger partial charge in [-0.2, -0.15) is 10.5 Å². The average molecular weight is 357 g/mol. The topological polar surface area (TPSA) is 78.8 Å². The van der Waals surface area contributed by atoms with Crippen LogP contribution in [-0.2, 0) is 11.3 Å². The van der Waals surface area contributed by atoms with Gasteiger partial charge in [-0.3, -0.25) is 9.36 Å². The molecule has 0 amide bonds. The van der Waals surface area contributed by atoms with E-state index in [1.54, 1.807) is 18.2 Å². The van der Waals surface area contributed by atoms with Crippen LogP contribution in [0.25, 0.3) is 11.6 Å². The molecule has 0 bridgehead atoms. The van der Waals surface area contributed by atoms with Crippen molar-refractivity contribution in [2.75, 3.05) is 13.2 Å². The average Bonchev–Trinajstić information content (AvgIpc) is 2.91. The van der Waals surface area contributed by atoms with Crippen LogP contribution in [0, 0.1) is 28.5 Å². The molecule has 2 rings (SSSR count). The molecule has 25 heavy (non-hydrogen) atoms. The number of thiazole rings is 1. The van der Waals surface area contributed by atoms with E-state index in [2.05, 4.69) is 0 Å². The maximum Gasteiger partial charge on any atom is 0.269 e. The van der Waals surface area contributed by atoms with Crippen molar-refractivity contribution in [1.82, 2.24) is 4.57 Å². The number of hydrogen-bond acceptors (Lipinski definition) is 5. The first-order chi connectivity index (χ1) is 12.1. The van der Waals surface area contributed by atoms with E-state index in [1.807, 2.05) is 19.1 Å². The molecule has 1 aromatic heterocycles. The van der Waals surface area contributed by atoms with Gasteiger partial charge >= 0.3 is 0 Å². The first-order valence-electron chi connectivity index (χ1n) is 7.70. The molecule has 0 saturated heterocycles. The zero-order valence-corrected chi connectivity index (χ0v) is 14.5. The Bertz CT molecular complexity index is 975. The highest BCUT2D eigenvalue weighted by Gasteiger charge is 2.09. The van der Waals surface area contributed by atoms with Gasteiger partial charge in [0.15, 0.2) is 5.57 Å². The molecular formula is C18H16FN3O2S. The van der Waals surface area contributed by atoms with Crippen molar-refractivity contribution in [2.45, 2.75) is 19.9 Å². The quantitative estimate of drug-likeness (QED) is 0.734. The molecule has 0 radical (unpaired) electrons. The van der Waals surface area contributed by atoms with Crippen molar-refractivity contribution in [3.8, 4) is 12.1 Å². The molecule has 1 heterocycles. The number of aromatic nitrogens is 1. The number of ether oxygens (including phenoxy) is 1. The van der Waals surface area contributed by atoms with Gasteiger partial charge in [-0.25, -0.2) is 4.39 Å². The lowest BCUT2D eigenvalue weighted by Gasteiger charge is -2.02. The van der Waals surface area contributed by atoms with Crippen LogP contribution in [0.5, 0.6) is 0 Å². The van der Waals surface area contributed by atoms with Crippen molar-refractivity contribution >= 4 is 23.0 Å². The first-order valence-corrected chi connectivity index (χ1v) is 8.51. The lowest BCUT2D eigenvalue weighted by Crippen LogP contribution is -2.32. The van der Waals surface area contributed by atoms with Gasteiger partial charge in [0.1, 0.15) is 22.6 Å². The van der Waals surface area contributed by atoms with Crippen LogP contribution in [0.2, 0.25) is 0 Å². The van der Waals surface area contributed by atoms with E-state index in [0.29, 0.717) is 40.9 Å². The van der Waals surface area contributed by atoms with E-state index < -0.39 is 0 Å². The van der Waals surface area contributed by atoms with Crippen molar-refractivity contribution in [3.63, 3.8) is 0 Å². The van der Waals surface area contributed by atoms with E-state index in [1.165, 1.54) is 16.7 Å². The summed E-state index contributed by atoms with van der Waals surface area (Å²) in [5, 5.41) is 18.3. The number of nitrogens with zero attached hydrogens (tertiary/aromatic N) is 3. The Balaban J connectivity index is 2.55. The zero-order valence-electron chi connectivity index (χ0n) is 13.7. The van der Waals surface area contributed by atoms with E-state index in [4.69, 9.17) is 15.3 Å². The van der Waals surface area contributed by atoms with Gasteiger partial charge in [0.05, 0.1) is 4.53 Å². The predicted molar refractivity (Wildman–Crippen MR) is 93.5 cm³/mol. The van der Waals surface area contributed by atoms with Gasteiger partial charge in [-0.15, -0.1) is 11.3 Å². The van der Waals surface area contributed by atoms with E-state index in [0.717, 1.165) is 11.3 Å². The third kappa shape index (κ3) is 4.63. The van der Waals surface area contributed by atoms with E-state index in [9.17, 15) is 9.18 Å². The number of nitriles is 2. The summed E-state index contributed by atoms with van der Waals surface area (Å²) in [6, 6.07) is 9.41. The van der Waals surface area contributed by atoms with Crippen LogP contribution in [-0.4, -0.2) is 17.8 Å². The Kier molecular flexibility index (Phi) is 6.64. The number of halogens is 1. The third-order valence-electron chi connectivity index (χ3n) is 3.39. The van der Waals surface area contributed by atoms with Crippen LogP contribution in [0.3, 0.4) is 0 Å². The summed E-state index contributed by atoms with van der Waals surface area (Å²) in [6.07, 6.45) is 2.22. The zero-order chi connectivity index (χ0) is 18.2. The minimum absolute atomic E-state index is 0.0998. The predicted octanol–water partition coefficient (Wildman–Crippen LogP) is 1.50. The fourth-order valence-corrected chi connectivity index (χ4v) is 3.29. The van der Waals surface area contributed by atoms with Crippen LogP contribution < -0.4 is 14.8 Å². The highest BCUT2D eigenvalue weighted by Crippen LogP contribution is 2.03. The monoisotopic (exact) mass is 357 g/mol. The summed E-state index contributed by atoms with van der Waals surface area (Å²) in [7, 11) is 0. The molecule has 0 atom stereocenters. The smallest absolute Gasteiger partial charge is 0.269 e. The summed E-state index contributed by atoms with van der Waals surface area (Å²) in [5.74, 6) is -0.359. The Labute approximate surface area is 148 Å². The molecular weight excluding hydrogens is 341 g/mol. The lowest BCUT2D eigenvalue weighted by molar-refractivity contribution is 0.141. The normalized spacial score (nSPS) is 11.1. The summed E-state index contributed by atoms with van der Waals surface area (Å²) in [6.45, 7) is 3.32. The second-order valence-corrected chi connectivity index (χ2v) is 6.10. The SMILES string of the molecule is CCOCCCn1c(=C(C#N)C#N)s/c(=C\c2ccc(F)cc2)c1=O. The third-order valence-corrected chi connectivity index (χ3v) is 4.52. The van der Waals surface area contributed by atoms with Crippen molar-refractivity contribution in [3.05, 3.63) is 55.2 Å². The van der Waals surface area contributed by atoms with Gasteiger partial charge < -0.3 is 4.74 Å². The van der Waals surface area contributed by atoms with E-state index in [-0.39, 0.29) is 16.9 Å². The molecule has 0 saturated carbocycles. The molecule has 1 aromatic carbocycles. The highest BCUT2D eigenvalue weighted by molar-refractivity contribution is 7.07. The molecule has 0 aliphatic heterocycles. The maximum absolute atomic E-state index is 13.0. The number of benzene rings is 1. The number of hydrogen-bond donors (Lipinski definition) is 0. The van der Waals surface area contributed by atoms with Crippen LogP contribution in [0.4, 0.5) is 4.39 Å². The maximum atomic E-state index is 13.0. The van der Waals surface area contributed by atoms with Crippen LogP contribution in [0.1, 0.15) is 18.9 Å². The van der Waals surface area contributed by atoms with Crippen molar-refractivity contribution in [2.24, 2.45) is 0 Å². The Morgan fingerprint density at radius 2 is 2.00 bits per heavy atom. The fourth-order valence-electron chi connectivity index (χ4n) is 2.21. The van der Waals surface area contributed by atoms with Gasteiger partial charge in [0, 0.05) is 19.8 Å². The van der Waals surface area contributed by atoms with Gasteiger partial charge in [0.2, 0.25) is 0 Å². The van der Waals surface area contributed by atoms with E-state index >= 15 is 0 Å². The Morgan fingerprint density at radius 1 is 1.32 bits per heavy atom. The molecule has 2 aromatic rings. The molecule has 0 N–H and O–H groups in total. The van der Waals surface area contributed by atoms with Gasteiger partial charge in [-0.05, 0) is 37.1 Å². The molecule has 0 fully saturated rings. The molecule has 0 aliphatic rings. The summed E-state index contributed by atoms with van der Waals surface area (Å²) in [5.41, 5.74) is 0.296. The summed E-state index contributed by atoms with van der Waals surface area (Å²) in [4.78, 5) is 12.7. The minimum Gasteiger partial charge on any atom is -0.382 e. The van der Waals surface area contributed by atoms with Crippen LogP contribution in [0.15, 0.2) is 29.1 Å². The molecule has 0 spiro atoms. The number of rotatable bonds is 6. The van der Waals surface area contributed by atoms with Gasteiger partial charge in [0.25, 0.3) is 5.56 Å². The highest BCUT2D eigenvalue weighted by atomic mass is 32.1. The second-order valence-electron chi connectivity index (χ2n) is 5.07. The minimum atomic E-state index is -0.359. The Morgan fingerprint density at radius 3 is 2.60 bits per heavy atom. The molecule has 7 heteroatoms. The Hall–Kier alpha value is -2.74.